The van der Waals surface area contributed by atoms with Crippen molar-refractivity contribution in [3.63, 3.8) is 0 Å². The molecular weight excluding hydrogens is 548 g/mol. The molecule has 0 bridgehead atoms. The van der Waals surface area contributed by atoms with Gasteiger partial charge in [-0.15, -0.1) is 0 Å². The summed E-state index contributed by atoms with van der Waals surface area (Å²) in [6, 6.07) is 9.71. The van der Waals surface area contributed by atoms with Gasteiger partial charge in [0.2, 0.25) is 0 Å². The molecule has 5 nitrogen and oxygen atoms in total. The molecule has 44 heavy (non-hydrogen) atoms. The molecule has 5 heteroatoms. The number of carboxylic acids is 1. The maximum Gasteiger partial charge on any atom is 0.331 e. The van der Waals surface area contributed by atoms with Crippen molar-refractivity contribution in [3.8, 4) is 0 Å². The number of aliphatic hydroxyl groups excluding tert-OH is 1. The Balaban J connectivity index is 1.31. The first-order valence-electron chi connectivity index (χ1n) is 17.2. The first kappa shape index (κ1) is 31.6. The molecule has 1 aromatic carbocycles. The molecule has 0 amide bonds. The molecular formula is C39H54O5. The number of fused-ring (bicyclic) bond motifs is 7. The van der Waals surface area contributed by atoms with Crippen LogP contribution >= 0.6 is 0 Å². The van der Waals surface area contributed by atoms with Crippen LogP contribution in [0.1, 0.15) is 105 Å². The zero-order chi connectivity index (χ0) is 31.9. The summed E-state index contributed by atoms with van der Waals surface area (Å²) in [5.41, 5.74) is 1.13. The molecule has 240 valence electrons. The van der Waals surface area contributed by atoms with Crippen LogP contribution in [0.5, 0.6) is 0 Å². The lowest BCUT2D eigenvalue weighted by Gasteiger charge is -2.71. The van der Waals surface area contributed by atoms with Crippen molar-refractivity contribution in [1.82, 2.24) is 0 Å². The zero-order valence-electron chi connectivity index (χ0n) is 27.9. The lowest BCUT2D eigenvalue weighted by molar-refractivity contribution is -0.238. The number of hydrogen-bond donors (Lipinski definition) is 2. The molecule has 0 radical (unpaired) electrons. The second kappa shape index (κ2) is 10.6. The maximum absolute atomic E-state index is 13.0. The lowest BCUT2D eigenvalue weighted by Crippen LogP contribution is -2.67. The highest BCUT2D eigenvalue weighted by atomic mass is 16.6. The third kappa shape index (κ3) is 4.34. The van der Waals surface area contributed by atoms with Crippen LogP contribution in [0.2, 0.25) is 0 Å². The average Bonchev–Trinajstić information content (AvgIpc) is 2.96. The van der Waals surface area contributed by atoms with Crippen molar-refractivity contribution < 1.29 is 24.5 Å². The van der Waals surface area contributed by atoms with Gasteiger partial charge in [0.05, 0.1) is 11.5 Å². The van der Waals surface area contributed by atoms with Crippen molar-refractivity contribution in [3.05, 3.63) is 53.6 Å². The lowest BCUT2D eigenvalue weighted by atomic mass is 9.33. The van der Waals surface area contributed by atoms with Gasteiger partial charge in [-0.1, -0.05) is 90.4 Å². The van der Waals surface area contributed by atoms with Crippen molar-refractivity contribution in [2.24, 2.45) is 56.7 Å². The number of carbonyl (C=O) groups excluding carboxylic acids is 1. The first-order valence-corrected chi connectivity index (χ1v) is 17.2. The third-order valence-electron chi connectivity index (χ3n) is 14.8. The summed E-state index contributed by atoms with van der Waals surface area (Å²) < 4.78 is 6.07. The highest BCUT2D eigenvalue weighted by molar-refractivity contribution is 5.87. The maximum atomic E-state index is 13.0. The standard InChI is InChI=1S/C39H54O5/c1-24-17-20-39(34(42)43)22-21-37(6)27(32(39)25(24)2)14-15-30-36(5)23-28(40)33(35(3,4)29(36)18-19-38(30,37)7)44-31(41)16-13-26-11-9-8-10-12-26/h8-14,16,24-25,28-30,32-33,40H,15,17-23H2,1-7H3,(H,42,43)/b16-13+/t24-,25+,28-,29+,30-,32+,33+,36+,37-,38-,39+/m1/s1. The molecule has 4 saturated carbocycles. The van der Waals surface area contributed by atoms with Crippen LogP contribution in [-0.2, 0) is 14.3 Å². The Bertz CT molecular complexity index is 1360. The zero-order valence-corrected chi connectivity index (χ0v) is 27.9. The van der Waals surface area contributed by atoms with E-state index in [0.717, 1.165) is 50.5 Å². The molecule has 6 rings (SSSR count). The van der Waals surface area contributed by atoms with E-state index >= 15 is 0 Å². The molecule has 0 aromatic heterocycles. The largest absolute Gasteiger partial charge is 0.481 e. The summed E-state index contributed by atoms with van der Waals surface area (Å²) in [4.78, 5) is 26.0. The van der Waals surface area contributed by atoms with Gasteiger partial charge in [0, 0.05) is 11.5 Å². The Labute approximate surface area is 264 Å². The molecule has 0 aliphatic heterocycles. The van der Waals surface area contributed by atoms with Gasteiger partial charge >= 0.3 is 11.9 Å². The van der Waals surface area contributed by atoms with Crippen molar-refractivity contribution in [1.29, 1.82) is 0 Å². The first-order chi connectivity index (χ1) is 20.6. The Hall–Kier alpha value is -2.40. The second-order valence-corrected chi connectivity index (χ2v) is 16.8. The van der Waals surface area contributed by atoms with Crippen LogP contribution in [0.4, 0.5) is 0 Å². The van der Waals surface area contributed by atoms with E-state index in [-0.39, 0.29) is 22.2 Å². The Morgan fingerprint density at radius 2 is 1.64 bits per heavy atom. The summed E-state index contributed by atoms with van der Waals surface area (Å²) >= 11 is 0. The molecule has 5 aliphatic carbocycles. The van der Waals surface area contributed by atoms with Crippen LogP contribution in [0.3, 0.4) is 0 Å². The summed E-state index contributed by atoms with van der Waals surface area (Å²) in [5.74, 6) is 0.606. The van der Waals surface area contributed by atoms with Crippen molar-refractivity contribution in [2.45, 2.75) is 112 Å². The average molecular weight is 603 g/mol. The highest BCUT2D eigenvalue weighted by Crippen LogP contribution is 2.75. The molecule has 1 aromatic rings. The quantitative estimate of drug-likeness (QED) is 0.206. The van der Waals surface area contributed by atoms with Crippen molar-refractivity contribution >= 4 is 18.0 Å². The summed E-state index contributed by atoms with van der Waals surface area (Å²) in [6.45, 7) is 16.4. The Kier molecular flexibility index (Phi) is 7.59. The molecule has 5 aliphatic rings. The van der Waals surface area contributed by atoms with E-state index in [4.69, 9.17) is 4.74 Å². The van der Waals surface area contributed by atoms with E-state index in [1.807, 2.05) is 30.3 Å². The fraction of sp³-hybridized carbons (Fsp3) is 0.692. The number of carboxylic acid groups (broad SMARTS) is 1. The molecule has 0 spiro atoms. The summed E-state index contributed by atoms with van der Waals surface area (Å²) in [7, 11) is 0. The SMILES string of the molecule is C[C@H]1[C@H](C)CC[C@]2(C(=O)O)CC[C@]3(C)C(=CC[C@@H]4[C@@]5(C)C[C@@H](O)[C@H](OC(=O)/C=C/c6ccccc6)C(C)(C)[C@@H]5CC[C@]43C)[C@H]12. The topological polar surface area (TPSA) is 83.8 Å². The minimum Gasteiger partial charge on any atom is -0.481 e. The Morgan fingerprint density at radius 1 is 0.932 bits per heavy atom. The minimum absolute atomic E-state index is 0.00510. The molecule has 0 saturated heterocycles. The third-order valence-corrected chi connectivity index (χ3v) is 14.8. The number of aliphatic carboxylic acids is 1. The summed E-state index contributed by atoms with van der Waals surface area (Å²) in [5, 5.41) is 22.4. The summed E-state index contributed by atoms with van der Waals surface area (Å²) in [6.07, 6.45) is 11.5. The number of aliphatic hydroxyl groups is 1. The van der Waals surface area contributed by atoms with Gasteiger partial charge in [-0.25, -0.2) is 4.79 Å². The smallest absolute Gasteiger partial charge is 0.331 e. The molecule has 0 unspecified atom stereocenters. The number of esters is 1. The van der Waals surface area contributed by atoms with Crippen LogP contribution < -0.4 is 0 Å². The number of benzene rings is 1. The van der Waals surface area contributed by atoms with E-state index < -0.39 is 35.0 Å². The van der Waals surface area contributed by atoms with Crippen LogP contribution in [0.25, 0.3) is 6.08 Å². The highest BCUT2D eigenvalue weighted by Gasteiger charge is 2.70. The minimum atomic E-state index is -0.744. The van der Waals surface area contributed by atoms with Crippen molar-refractivity contribution in [2.75, 3.05) is 0 Å². The van der Waals surface area contributed by atoms with Crippen LogP contribution in [0, 0.1) is 56.7 Å². The predicted molar refractivity (Wildman–Crippen MR) is 173 cm³/mol. The molecule has 0 heterocycles. The van der Waals surface area contributed by atoms with Gasteiger partial charge in [0.1, 0.15) is 6.10 Å². The Morgan fingerprint density at radius 3 is 2.32 bits per heavy atom. The fourth-order valence-corrected chi connectivity index (χ4v) is 12.1. The molecule has 4 fully saturated rings. The monoisotopic (exact) mass is 602 g/mol. The van der Waals surface area contributed by atoms with Crippen LogP contribution in [-0.4, -0.2) is 34.4 Å². The van der Waals surface area contributed by atoms with Gasteiger partial charge in [-0.3, -0.25) is 4.79 Å². The number of allylic oxidation sites excluding steroid dienone is 2. The van der Waals surface area contributed by atoms with E-state index in [0.29, 0.717) is 30.1 Å². The second-order valence-electron chi connectivity index (χ2n) is 16.8. The van der Waals surface area contributed by atoms with E-state index in [1.54, 1.807) is 6.08 Å². The normalized spacial score (nSPS) is 46.1. The van der Waals surface area contributed by atoms with Gasteiger partial charge in [-0.2, -0.15) is 0 Å². The number of carbonyl (C=O) groups is 2. The molecule has 11 atom stereocenters. The fourth-order valence-electron chi connectivity index (χ4n) is 12.1. The van der Waals surface area contributed by atoms with Gasteiger partial charge in [-0.05, 0) is 109 Å². The number of rotatable bonds is 4. The molecule has 2 N–H and O–H groups in total. The predicted octanol–water partition coefficient (Wildman–Crippen LogP) is 8.32. The van der Waals surface area contributed by atoms with Crippen LogP contribution in [0.15, 0.2) is 48.1 Å². The van der Waals surface area contributed by atoms with Gasteiger partial charge in [0.15, 0.2) is 0 Å². The van der Waals surface area contributed by atoms with Gasteiger partial charge < -0.3 is 14.9 Å². The van der Waals surface area contributed by atoms with E-state index in [2.05, 4.69) is 54.5 Å². The number of hydrogen-bond acceptors (Lipinski definition) is 4. The number of ether oxygens (including phenoxy) is 1. The van der Waals surface area contributed by atoms with E-state index in [9.17, 15) is 19.8 Å². The van der Waals surface area contributed by atoms with Gasteiger partial charge in [0.25, 0.3) is 0 Å². The van der Waals surface area contributed by atoms with E-state index in [1.165, 1.54) is 11.6 Å².